The third-order valence-corrected chi connectivity index (χ3v) is 7.37. The first-order valence-electron chi connectivity index (χ1n) is 7.72. The minimum absolute atomic E-state index is 0.0917. The van der Waals surface area contributed by atoms with Gasteiger partial charge in [-0.1, -0.05) is 6.07 Å². The molecule has 0 saturated carbocycles. The maximum Gasteiger partial charge on any atom is 0.250 e. The number of thiophene rings is 1. The van der Waals surface area contributed by atoms with Crippen LogP contribution in [0.15, 0.2) is 44.3 Å². The summed E-state index contributed by atoms with van der Waals surface area (Å²) >= 11 is 3.26. The first kappa shape index (κ1) is 18.6. The molecule has 0 radical (unpaired) electrons. The quantitative estimate of drug-likeness (QED) is 0.515. The lowest BCUT2D eigenvalue weighted by molar-refractivity contribution is -0.126. The molecule has 3 heterocycles. The summed E-state index contributed by atoms with van der Waals surface area (Å²) in [7, 11) is -3.46. The fourth-order valence-corrected chi connectivity index (χ4v) is 5.34. The summed E-state index contributed by atoms with van der Waals surface area (Å²) in [6.45, 7) is 1.05. The number of piperidine rings is 1. The van der Waals surface area contributed by atoms with Gasteiger partial charge in [0.2, 0.25) is 15.9 Å². The number of nitrogens with zero attached hydrogens (tertiary/aromatic N) is 1. The third kappa shape index (κ3) is 4.93. The van der Waals surface area contributed by atoms with Crippen LogP contribution in [0.2, 0.25) is 0 Å². The molecule has 0 spiro atoms. The SMILES string of the molecule is O=C(/C=C/c1ccc(I)o1)N1CCC(NS(=O)(=O)c2cccs2)CC1. The summed E-state index contributed by atoms with van der Waals surface area (Å²) in [5.74, 6) is 0.544. The lowest BCUT2D eigenvalue weighted by Gasteiger charge is -2.31. The normalized spacial score (nSPS) is 16.6. The molecule has 1 aliphatic heterocycles. The highest BCUT2D eigenvalue weighted by Crippen LogP contribution is 2.19. The zero-order valence-electron chi connectivity index (χ0n) is 13.2. The van der Waals surface area contributed by atoms with Crippen molar-refractivity contribution in [2.24, 2.45) is 0 Å². The number of amides is 1. The van der Waals surface area contributed by atoms with Gasteiger partial charge in [-0.15, -0.1) is 11.3 Å². The Morgan fingerprint density at radius 3 is 2.68 bits per heavy atom. The number of likely N-dealkylation sites (tertiary alicyclic amines) is 1. The number of rotatable bonds is 5. The topological polar surface area (TPSA) is 79.6 Å². The molecule has 2 aromatic heterocycles. The maximum atomic E-state index is 12.2. The Morgan fingerprint density at radius 2 is 2.08 bits per heavy atom. The van der Waals surface area contributed by atoms with E-state index in [1.807, 2.05) is 6.07 Å². The Balaban J connectivity index is 1.51. The lowest BCUT2D eigenvalue weighted by Crippen LogP contribution is -2.46. The van der Waals surface area contributed by atoms with E-state index in [1.165, 1.54) is 17.4 Å². The van der Waals surface area contributed by atoms with Crippen LogP contribution in [0.3, 0.4) is 0 Å². The molecule has 3 rings (SSSR count). The highest BCUT2D eigenvalue weighted by Gasteiger charge is 2.26. The molecular weight excluding hydrogens is 475 g/mol. The molecule has 9 heteroatoms. The van der Waals surface area contributed by atoms with Gasteiger partial charge in [0.1, 0.15) is 9.97 Å². The summed E-state index contributed by atoms with van der Waals surface area (Å²) in [5.41, 5.74) is 0. The molecule has 0 aromatic carbocycles. The van der Waals surface area contributed by atoms with Crippen molar-refractivity contribution in [2.75, 3.05) is 13.1 Å². The van der Waals surface area contributed by atoms with Crippen molar-refractivity contribution < 1.29 is 17.6 Å². The number of carbonyl (C=O) groups is 1. The zero-order chi connectivity index (χ0) is 17.9. The fraction of sp³-hybridized carbons (Fsp3) is 0.312. The summed E-state index contributed by atoms with van der Waals surface area (Å²) in [6.07, 6.45) is 4.34. The smallest absolute Gasteiger partial charge is 0.250 e. The monoisotopic (exact) mass is 492 g/mol. The van der Waals surface area contributed by atoms with Crippen LogP contribution < -0.4 is 4.72 Å². The van der Waals surface area contributed by atoms with Gasteiger partial charge in [-0.2, -0.15) is 0 Å². The van der Waals surface area contributed by atoms with Crippen molar-refractivity contribution in [3.05, 3.63) is 45.2 Å². The van der Waals surface area contributed by atoms with Gasteiger partial charge >= 0.3 is 0 Å². The van der Waals surface area contributed by atoms with Crippen molar-refractivity contribution in [3.8, 4) is 0 Å². The number of hydrogen-bond donors (Lipinski definition) is 1. The first-order chi connectivity index (χ1) is 11.9. The summed E-state index contributed by atoms with van der Waals surface area (Å²) in [5, 5.41) is 1.74. The highest BCUT2D eigenvalue weighted by atomic mass is 127. The van der Waals surface area contributed by atoms with E-state index in [4.69, 9.17) is 4.42 Å². The predicted molar refractivity (Wildman–Crippen MR) is 105 cm³/mol. The standard InChI is InChI=1S/C16H17IN2O4S2/c17-14-5-3-13(23-14)4-6-15(20)19-9-7-12(8-10-19)18-25(21,22)16-2-1-11-24-16/h1-6,11-12,18H,7-10H2/b6-4+. The predicted octanol–water partition coefficient (Wildman–Crippen LogP) is 2.93. The molecule has 25 heavy (non-hydrogen) atoms. The second-order valence-corrected chi connectivity index (χ2v) is 9.58. The first-order valence-corrected chi connectivity index (χ1v) is 11.2. The molecule has 0 unspecified atom stereocenters. The van der Waals surface area contributed by atoms with Gasteiger partial charge in [0.15, 0.2) is 3.77 Å². The van der Waals surface area contributed by atoms with E-state index in [1.54, 1.807) is 34.6 Å². The Hall–Kier alpha value is -1.17. The summed E-state index contributed by atoms with van der Waals surface area (Å²) < 4.78 is 33.7. The highest BCUT2D eigenvalue weighted by molar-refractivity contribution is 14.1. The van der Waals surface area contributed by atoms with Crippen molar-refractivity contribution >= 4 is 55.9 Å². The molecule has 2 aromatic rings. The van der Waals surface area contributed by atoms with E-state index in [0.717, 1.165) is 3.77 Å². The van der Waals surface area contributed by atoms with Gasteiger partial charge in [-0.3, -0.25) is 4.79 Å². The average Bonchev–Trinajstić information content (AvgIpc) is 3.25. The molecule has 1 amide bonds. The van der Waals surface area contributed by atoms with E-state index < -0.39 is 10.0 Å². The molecule has 0 atom stereocenters. The van der Waals surface area contributed by atoms with Gasteiger partial charge in [0, 0.05) is 25.2 Å². The van der Waals surface area contributed by atoms with E-state index in [0.29, 0.717) is 35.9 Å². The molecule has 6 nitrogen and oxygen atoms in total. The Morgan fingerprint density at radius 1 is 1.32 bits per heavy atom. The number of hydrogen-bond acceptors (Lipinski definition) is 5. The van der Waals surface area contributed by atoms with Crippen molar-refractivity contribution in [3.63, 3.8) is 0 Å². The molecular formula is C16H17IN2O4S2. The Kier molecular flexibility index (Phi) is 5.97. The van der Waals surface area contributed by atoms with Gasteiger partial charge in [0.25, 0.3) is 0 Å². The van der Waals surface area contributed by atoms with E-state index >= 15 is 0 Å². The molecule has 134 valence electrons. The minimum Gasteiger partial charge on any atom is -0.451 e. The lowest BCUT2D eigenvalue weighted by atomic mass is 10.1. The van der Waals surface area contributed by atoms with Gasteiger partial charge in [-0.25, -0.2) is 13.1 Å². The number of furan rings is 1. The molecule has 0 bridgehead atoms. The number of halogens is 1. The molecule has 1 aliphatic rings. The second kappa shape index (κ2) is 8.02. The van der Waals surface area contributed by atoms with Crippen molar-refractivity contribution in [1.82, 2.24) is 9.62 Å². The summed E-state index contributed by atoms with van der Waals surface area (Å²) in [4.78, 5) is 13.9. The fourth-order valence-electron chi connectivity index (χ4n) is 2.59. The number of nitrogens with one attached hydrogen (secondary N) is 1. The van der Waals surface area contributed by atoms with Crippen molar-refractivity contribution in [1.29, 1.82) is 0 Å². The number of carbonyl (C=O) groups excluding carboxylic acids is 1. The maximum absolute atomic E-state index is 12.2. The van der Waals surface area contributed by atoms with Crippen LogP contribution in [0.1, 0.15) is 18.6 Å². The number of sulfonamides is 1. The Labute approximate surface area is 164 Å². The third-order valence-electron chi connectivity index (χ3n) is 3.87. The van der Waals surface area contributed by atoms with Gasteiger partial charge in [0.05, 0.1) is 0 Å². The average molecular weight is 492 g/mol. The van der Waals surface area contributed by atoms with Crippen molar-refractivity contribution in [2.45, 2.75) is 23.1 Å². The van der Waals surface area contributed by atoms with Crippen LogP contribution >= 0.6 is 33.9 Å². The molecule has 1 N–H and O–H groups in total. The van der Waals surface area contributed by atoms with Crippen LogP contribution in [0.4, 0.5) is 0 Å². The van der Waals surface area contributed by atoms with E-state index in [9.17, 15) is 13.2 Å². The Bertz CT molecular complexity index is 851. The van der Waals surface area contributed by atoms with Crippen LogP contribution in [0.25, 0.3) is 6.08 Å². The van der Waals surface area contributed by atoms with E-state index in [2.05, 4.69) is 27.3 Å². The molecule has 1 saturated heterocycles. The van der Waals surface area contributed by atoms with Crippen LogP contribution in [0, 0.1) is 3.77 Å². The van der Waals surface area contributed by atoms with E-state index in [-0.39, 0.29) is 11.9 Å². The largest absolute Gasteiger partial charge is 0.451 e. The van der Waals surface area contributed by atoms with Crippen LogP contribution in [0.5, 0.6) is 0 Å². The minimum atomic E-state index is -3.46. The molecule has 1 fully saturated rings. The van der Waals surface area contributed by atoms with Crippen LogP contribution in [-0.2, 0) is 14.8 Å². The van der Waals surface area contributed by atoms with Gasteiger partial charge in [-0.05, 0) is 65.1 Å². The van der Waals surface area contributed by atoms with Crippen LogP contribution in [-0.4, -0.2) is 38.4 Å². The zero-order valence-corrected chi connectivity index (χ0v) is 17.0. The molecule has 0 aliphatic carbocycles. The summed E-state index contributed by atoms with van der Waals surface area (Å²) in [6, 6.07) is 6.79. The van der Waals surface area contributed by atoms with Gasteiger partial charge < -0.3 is 9.32 Å². The second-order valence-electron chi connectivity index (χ2n) is 5.63.